The smallest absolute Gasteiger partial charge is 0.319 e. The Morgan fingerprint density at radius 2 is 2.00 bits per heavy atom. The van der Waals surface area contributed by atoms with Gasteiger partial charge in [0.15, 0.2) is 0 Å². The molecule has 0 bridgehead atoms. The van der Waals surface area contributed by atoms with Crippen LogP contribution < -0.4 is 15.4 Å². The highest BCUT2D eigenvalue weighted by Gasteiger charge is 2.16. The number of urea groups is 1. The van der Waals surface area contributed by atoms with Crippen LogP contribution in [0, 0.1) is 0 Å². The van der Waals surface area contributed by atoms with Crippen molar-refractivity contribution in [1.82, 2.24) is 10.2 Å². The molecule has 1 atom stereocenters. The van der Waals surface area contributed by atoms with Gasteiger partial charge in [-0.05, 0) is 50.1 Å². The average molecular weight is 363 g/mol. The van der Waals surface area contributed by atoms with Crippen molar-refractivity contribution in [1.29, 1.82) is 0 Å². The van der Waals surface area contributed by atoms with E-state index in [0.29, 0.717) is 13.2 Å². The van der Waals surface area contributed by atoms with Gasteiger partial charge in [0.05, 0.1) is 19.3 Å². The number of carbonyl (C=O) groups excluding carboxylic acids is 1. The molecule has 7 nitrogen and oxygen atoms in total. The van der Waals surface area contributed by atoms with Gasteiger partial charge in [0.25, 0.3) is 0 Å². The second-order valence-electron chi connectivity index (χ2n) is 6.66. The summed E-state index contributed by atoms with van der Waals surface area (Å²) in [6.07, 6.45) is 3.31. The molecule has 0 aromatic heterocycles. The van der Waals surface area contributed by atoms with Crippen LogP contribution in [0.2, 0.25) is 0 Å². The lowest BCUT2D eigenvalue weighted by Crippen LogP contribution is -2.38. The number of ether oxygens (including phenoxy) is 3. The topological polar surface area (TPSA) is 72.1 Å². The van der Waals surface area contributed by atoms with E-state index in [1.165, 1.54) is 0 Å². The van der Waals surface area contributed by atoms with Crippen molar-refractivity contribution in [3.05, 3.63) is 24.3 Å². The van der Waals surface area contributed by atoms with Crippen LogP contribution in [0.25, 0.3) is 0 Å². The van der Waals surface area contributed by atoms with E-state index in [2.05, 4.69) is 15.5 Å². The summed E-state index contributed by atoms with van der Waals surface area (Å²) < 4.78 is 16.6. The zero-order valence-electron chi connectivity index (χ0n) is 15.2. The van der Waals surface area contributed by atoms with Gasteiger partial charge in [-0.1, -0.05) is 0 Å². The standard InChI is InChI=1S/C19H29N3O4/c23-19(20-8-2-9-22-10-13-24-14-11-22)21-16-4-6-17(7-5-16)26-15-18-3-1-12-25-18/h4-7,18H,1-3,8-15H2,(H2,20,21,23)/t18-/m0/s1. The maximum Gasteiger partial charge on any atom is 0.319 e. The van der Waals surface area contributed by atoms with Crippen LogP contribution in [0.15, 0.2) is 24.3 Å². The number of rotatable bonds is 8. The van der Waals surface area contributed by atoms with Crippen molar-refractivity contribution in [2.45, 2.75) is 25.4 Å². The molecule has 2 N–H and O–H groups in total. The molecular formula is C19H29N3O4. The summed E-state index contributed by atoms with van der Waals surface area (Å²) in [6.45, 7) is 6.63. The van der Waals surface area contributed by atoms with Crippen molar-refractivity contribution in [3.8, 4) is 5.75 Å². The first-order valence-electron chi connectivity index (χ1n) is 9.49. The number of hydrogen-bond acceptors (Lipinski definition) is 5. The minimum atomic E-state index is -0.181. The molecule has 2 aliphatic rings. The Morgan fingerprint density at radius 3 is 2.73 bits per heavy atom. The molecule has 2 fully saturated rings. The van der Waals surface area contributed by atoms with Crippen LogP contribution in [-0.4, -0.2) is 69.6 Å². The van der Waals surface area contributed by atoms with Crippen LogP contribution in [0.5, 0.6) is 5.75 Å². The molecular weight excluding hydrogens is 334 g/mol. The van der Waals surface area contributed by atoms with Crippen LogP contribution in [0.4, 0.5) is 10.5 Å². The van der Waals surface area contributed by atoms with Gasteiger partial charge in [-0.25, -0.2) is 4.79 Å². The lowest BCUT2D eigenvalue weighted by Gasteiger charge is -2.26. The number of anilines is 1. The minimum absolute atomic E-state index is 0.181. The molecule has 0 unspecified atom stereocenters. The van der Waals surface area contributed by atoms with Crippen LogP contribution in [0.1, 0.15) is 19.3 Å². The van der Waals surface area contributed by atoms with Gasteiger partial charge in [-0.2, -0.15) is 0 Å². The summed E-state index contributed by atoms with van der Waals surface area (Å²) in [5.74, 6) is 0.789. The third-order valence-corrected chi connectivity index (χ3v) is 4.61. The molecule has 0 saturated carbocycles. The number of benzene rings is 1. The van der Waals surface area contributed by atoms with Crippen molar-refractivity contribution in [2.24, 2.45) is 0 Å². The fourth-order valence-corrected chi connectivity index (χ4v) is 3.10. The summed E-state index contributed by atoms with van der Waals surface area (Å²) in [6, 6.07) is 7.24. The number of nitrogens with zero attached hydrogens (tertiary/aromatic N) is 1. The summed E-state index contributed by atoms with van der Waals surface area (Å²) >= 11 is 0. The van der Waals surface area contributed by atoms with E-state index in [0.717, 1.165) is 70.2 Å². The number of hydrogen-bond donors (Lipinski definition) is 2. The molecule has 2 amide bonds. The number of carbonyl (C=O) groups is 1. The fourth-order valence-electron chi connectivity index (χ4n) is 3.10. The van der Waals surface area contributed by atoms with Gasteiger partial charge in [0, 0.05) is 31.9 Å². The molecule has 1 aromatic carbocycles. The monoisotopic (exact) mass is 363 g/mol. The highest BCUT2D eigenvalue weighted by Crippen LogP contribution is 2.18. The van der Waals surface area contributed by atoms with Gasteiger partial charge >= 0.3 is 6.03 Å². The molecule has 26 heavy (non-hydrogen) atoms. The summed E-state index contributed by atoms with van der Waals surface area (Å²) in [5, 5.41) is 5.73. The largest absolute Gasteiger partial charge is 0.491 e. The summed E-state index contributed by atoms with van der Waals surface area (Å²) in [7, 11) is 0. The zero-order valence-corrected chi connectivity index (χ0v) is 15.2. The Labute approximate surface area is 155 Å². The van der Waals surface area contributed by atoms with Gasteiger partial charge in [0.2, 0.25) is 0 Å². The highest BCUT2D eigenvalue weighted by molar-refractivity contribution is 5.89. The molecule has 2 saturated heterocycles. The van der Waals surface area contributed by atoms with E-state index < -0.39 is 0 Å². The van der Waals surface area contributed by atoms with E-state index in [-0.39, 0.29) is 12.1 Å². The second kappa shape index (κ2) is 10.4. The van der Waals surface area contributed by atoms with Crippen molar-refractivity contribution < 1.29 is 19.0 Å². The Hall–Kier alpha value is -1.83. The third kappa shape index (κ3) is 6.48. The van der Waals surface area contributed by atoms with Crippen molar-refractivity contribution >= 4 is 11.7 Å². The number of amides is 2. The van der Waals surface area contributed by atoms with E-state index in [4.69, 9.17) is 14.2 Å². The molecule has 3 rings (SSSR count). The Morgan fingerprint density at radius 1 is 1.19 bits per heavy atom. The quantitative estimate of drug-likeness (QED) is 0.692. The minimum Gasteiger partial charge on any atom is -0.491 e. The Bertz CT molecular complexity index is 540. The zero-order chi connectivity index (χ0) is 18.0. The highest BCUT2D eigenvalue weighted by atomic mass is 16.5. The van der Waals surface area contributed by atoms with Crippen molar-refractivity contribution in [3.63, 3.8) is 0 Å². The van der Waals surface area contributed by atoms with Crippen LogP contribution in [0.3, 0.4) is 0 Å². The number of morpholine rings is 1. The molecule has 2 aliphatic heterocycles. The van der Waals surface area contributed by atoms with Crippen LogP contribution >= 0.6 is 0 Å². The molecule has 0 radical (unpaired) electrons. The second-order valence-corrected chi connectivity index (χ2v) is 6.66. The lowest BCUT2D eigenvalue weighted by atomic mass is 10.2. The molecule has 0 aliphatic carbocycles. The SMILES string of the molecule is O=C(NCCCN1CCOCC1)Nc1ccc(OC[C@@H]2CCCO2)cc1. The van der Waals surface area contributed by atoms with Gasteiger partial charge in [-0.3, -0.25) is 4.90 Å². The normalized spacial score (nSPS) is 20.7. The fraction of sp³-hybridized carbons (Fsp3) is 0.632. The average Bonchev–Trinajstić information content (AvgIpc) is 3.19. The molecule has 1 aromatic rings. The first-order chi connectivity index (χ1) is 12.8. The predicted octanol–water partition coefficient (Wildman–Crippen LogP) is 2.09. The maximum atomic E-state index is 11.9. The Balaban J connectivity index is 1.29. The molecule has 144 valence electrons. The third-order valence-electron chi connectivity index (χ3n) is 4.61. The molecule has 2 heterocycles. The van der Waals surface area contributed by atoms with Gasteiger partial charge in [-0.15, -0.1) is 0 Å². The van der Waals surface area contributed by atoms with E-state index in [1.54, 1.807) is 0 Å². The molecule has 0 spiro atoms. The summed E-state index contributed by atoms with van der Waals surface area (Å²) in [4.78, 5) is 14.3. The van der Waals surface area contributed by atoms with Gasteiger partial charge in [0.1, 0.15) is 12.4 Å². The predicted molar refractivity (Wildman–Crippen MR) is 99.8 cm³/mol. The van der Waals surface area contributed by atoms with Crippen LogP contribution in [-0.2, 0) is 9.47 Å². The Kier molecular flexibility index (Phi) is 7.54. The first-order valence-corrected chi connectivity index (χ1v) is 9.49. The van der Waals surface area contributed by atoms with Gasteiger partial charge < -0.3 is 24.8 Å². The summed E-state index contributed by atoms with van der Waals surface area (Å²) in [5.41, 5.74) is 0.750. The van der Waals surface area contributed by atoms with E-state index in [9.17, 15) is 4.79 Å². The lowest BCUT2D eigenvalue weighted by molar-refractivity contribution is 0.0375. The maximum absolute atomic E-state index is 11.9. The van der Waals surface area contributed by atoms with E-state index in [1.807, 2.05) is 24.3 Å². The first kappa shape index (κ1) is 18.9. The van der Waals surface area contributed by atoms with Crippen molar-refractivity contribution in [2.75, 3.05) is 57.9 Å². The molecule has 7 heteroatoms. The van der Waals surface area contributed by atoms with E-state index >= 15 is 0 Å². The number of nitrogens with one attached hydrogen (secondary N) is 2.